The van der Waals surface area contributed by atoms with Gasteiger partial charge in [-0.05, 0) is 146 Å². The number of ether oxygens (including phenoxy) is 2. The molecule has 4 saturated carbocycles. The van der Waals surface area contributed by atoms with Gasteiger partial charge in [-0.25, -0.2) is 24.4 Å². The lowest BCUT2D eigenvalue weighted by molar-refractivity contribution is -0.248. The first-order valence-electron chi connectivity index (χ1n) is 32.2. The Hall–Kier alpha value is -9.56. The van der Waals surface area contributed by atoms with Gasteiger partial charge in [-0.1, -0.05) is 75.4 Å². The van der Waals surface area contributed by atoms with E-state index in [1.165, 1.54) is 16.2 Å². The van der Waals surface area contributed by atoms with Crippen LogP contribution in [-0.4, -0.2) is 146 Å². The highest BCUT2D eigenvalue weighted by Crippen LogP contribution is 2.72. The molecule has 95 heavy (non-hydrogen) atoms. The number of benzene rings is 3. The largest absolute Gasteiger partial charge is 0.476 e. The quantitative estimate of drug-likeness (QED) is 0.0199. The zero-order chi connectivity index (χ0) is 67.6. The summed E-state index contributed by atoms with van der Waals surface area (Å²) in [5.74, 6) is -4.18. The number of rotatable bonds is 26. The number of nitrogens with two attached hydrogens (primary N) is 1. The molecule has 12 rings (SSSR count). The number of pyridine rings is 1. The molecule has 0 spiro atoms. The third-order valence-electron chi connectivity index (χ3n) is 19.0. The number of carbonyl (C=O) groups excluding carboxylic acids is 8. The molecule has 3 aromatic carbocycles. The SMILES string of the molecule is Cc1c(-c2ccc(N3CCc4cccc(C(=O)Nc5nc6ccccc6s5)c4C3)nc2C(=O)O)cnn1CC12CC3(C)CC(C)(C1)CC(OCCN(C)C(=O)OCc1ccc(NC(=O)[C@H](CCCNC(N)=O)NC(=O)[C@@H](NC(=O)CCN4C(=O)C=CC4=O)C(C)C)cc1)(C3)C2. The van der Waals surface area contributed by atoms with Crippen molar-refractivity contribution in [2.75, 3.05) is 55.4 Å². The van der Waals surface area contributed by atoms with E-state index in [0.29, 0.717) is 71.6 Å². The zero-order valence-corrected chi connectivity index (χ0v) is 55.1. The number of nitrogens with zero attached hydrogens (tertiary/aromatic N) is 7. The Labute approximate surface area is 553 Å². The minimum absolute atomic E-state index is 0.00504. The standard InChI is InChI=1S/C69H81N13O12S/c1-41(2)57(77-54(83)25-28-81-55(84)22-23-56(81)85)61(88)74-51(14-10-26-71-63(70)91)60(87)73-45-18-16-43(17-19-45)33-93-65(92)79(6)29-30-94-69-37-66(4)34-67(5,38-69)36-68(35-66,39-69)40-82-42(3)48(31-72-82)46-20-21-53(76-58(46)62(89)90)80-27-24-44-11-9-12-47(49(44)32-80)59(86)78-64-75-50-13-7-8-15-52(50)95-64/h7-9,11-13,15-23,31,41,51,57H,10,14,24-30,32-40H2,1-6H3,(H,73,87)(H,74,88)(H,77,83)(H,89,90)(H3,70,71,91)(H,75,78,86)/t51-,57-,66?,67?,68?,69?/m0/s1. The van der Waals surface area contributed by atoms with Gasteiger partial charge in [0.25, 0.3) is 17.7 Å². The topological polar surface area (TPSA) is 332 Å². The second-order valence-corrected chi connectivity index (χ2v) is 28.3. The van der Waals surface area contributed by atoms with Crippen LogP contribution < -0.4 is 37.2 Å². The molecule has 4 fully saturated rings. The summed E-state index contributed by atoms with van der Waals surface area (Å²) in [7, 11) is 1.67. The lowest BCUT2D eigenvalue weighted by Gasteiger charge is -2.69. The van der Waals surface area contributed by atoms with Gasteiger partial charge in [0.2, 0.25) is 17.7 Å². The number of carboxylic acid groups (broad SMARTS) is 1. The second-order valence-electron chi connectivity index (χ2n) is 27.3. The summed E-state index contributed by atoms with van der Waals surface area (Å²) in [5, 5.41) is 29.8. The number of para-hydroxylation sites is 1. The monoisotopic (exact) mass is 1320 g/mol. The molecule has 500 valence electrons. The molecule has 6 aromatic rings. The molecule has 26 heteroatoms. The lowest BCUT2D eigenvalue weighted by atomic mass is 9.39. The number of nitrogens with one attached hydrogen (secondary N) is 5. The first-order chi connectivity index (χ1) is 45.3. The van der Waals surface area contributed by atoms with E-state index in [2.05, 4.69) is 45.4 Å². The normalized spacial score (nSPS) is 21.5. The summed E-state index contributed by atoms with van der Waals surface area (Å²) < 4.78 is 15.7. The highest BCUT2D eigenvalue weighted by molar-refractivity contribution is 7.22. The molecule has 4 bridgehead atoms. The molecule has 25 nitrogen and oxygen atoms in total. The van der Waals surface area contributed by atoms with Crippen LogP contribution in [0.15, 0.2) is 97.2 Å². The molecule has 2 aliphatic heterocycles. The number of primary amides is 1. The number of urea groups is 1. The van der Waals surface area contributed by atoms with Gasteiger partial charge in [0.05, 0.1) is 28.6 Å². The van der Waals surface area contributed by atoms with Crippen LogP contribution >= 0.6 is 11.3 Å². The van der Waals surface area contributed by atoms with Gasteiger partial charge in [0.15, 0.2) is 10.8 Å². The average Bonchev–Trinajstić information content (AvgIpc) is 1.00. The van der Waals surface area contributed by atoms with Crippen LogP contribution in [-0.2, 0) is 59.6 Å². The van der Waals surface area contributed by atoms with Gasteiger partial charge in [0, 0.05) is 93.0 Å². The number of fused-ring (bicyclic) bond motifs is 2. The van der Waals surface area contributed by atoms with Gasteiger partial charge in [-0.2, -0.15) is 5.10 Å². The number of hydrogen-bond acceptors (Lipinski definition) is 16. The van der Waals surface area contributed by atoms with Crippen LogP contribution in [0.5, 0.6) is 0 Å². The molecule has 8 N–H and O–H groups in total. The minimum atomic E-state index is -1.16. The van der Waals surface area contributed by atoms with Crippen molar-refractivity contribution in [3.05, 3.63) is 131 Å². The maximum Gasteiger partial charge on any atom is 0.409 e. The molecule has 6 aliphatic rings. The predicted molar refractivity (Wildman–Crippen MR) is 355 cm³/mol. The molecule has 4 atom stereocenters. The Kier molecular flexibility index (Phi) is 19.3. The number of aromatic carboxylic acids is 1. The summed E-state index contributed by atoms with van der Waals surface area (Å²) in [5.41, 5.74) is 10.9. The fraction of sp³-hybridized carbons (Fsp3) is 0.449. The molecular weight excluding hydrogens is 1230 g/mol. The molecule has 5 heterocycles. The summed E-state index contributed by atoms with van der Waals surface area (Å²) in [6, 6.07) is 20.9. The number of imide groups is 1. The third kappa shape index (κ3) is 15.2. The number of anilines is 3. The molecule has 2 unspecified atom stereocenters. The Bertz CT molecular complexity index is 3960. The van der Waals surface area contributed by atoms with Gasteiger partial charge in [0.1, 0.15) is 24.5 Å². The van der Waals surface area contributed by atoms with Gasteiger partial charge in [-0.15, -0.1) is 0 Å². The van der Waals surface area contributed by atoms with E-state index in [1.54, 1.807) is 51.4 Å². The van der Waals surface area contributed by atoms with Crippen LogP contribution in [0.3, 0.4) is 0 Å². The lowest BCUT2D eigenvalue weighted by Crippen LogP contribution is -2.64. The summed E-state index contributed by atoms with van der Waals surface area (Å²) in [6.07, 6.45) is 9.85. The maximum atomic E-state index is 13.8. The van der Waals surface area contributed by atoms with Crippen molar-refractivity contribution in [1.82, 2.24) is 45.5 Å². The Morgan fingerprint density at radius 1 is 0.832 bits per heavy atom. The van der Waals surface area contributed by atoms with E-state index in [-0.39, 0.29) is 73.3 Å². The number of aromatic nitrogens is 4. The van der Waals surface area contributed by atoms with E-state index in [1.807, 2.05) is 71.1 Å². The maximum absolute atomic E-state index is 13.8. The summed E-state index contributed by atoms with van der Waals surface area (Å²) in [4.78, 5) is 130. The van der Waals surface area contributed by atoms with Crippen LogP contribution in [0.4, 0.5) is 26.2 Å². The molecule has 3 aromatic heterocycles. The molecule has 0 saturated heterocycles. The van der Waals surface area contributed by atoms with Crippen LogP contribution in [0.2, 0.25) is 0 Å². The first kappa shape index (κ1) is 66.9. The van der Waals surface area contributed by atoms with Crippen LogP contribution in [0, 0.1) is 29.1 Å². The fourth-order valence-electron chi connectivity index (χ4n) is 15.8. The Balaban J connectivity index is 0.678. The fourth-order valence-corrected chi connectivity index (χ4v) is 16.6. The molecule has 4 aliphatic carbocycles. The van der Waals surface area contributed by atoms with E-state index in [4.69, 9.17) is 25.3 Å². The molecule has 0 radical (unpaired) electrons. The minimum Gasteiger partial charge on any atom is -0.476 e. The highest BCUT2D eigenvalue weighted by Gasteiger charge is 2.66. The smallest absolute Gasteiger partial charge is 0.409 e. The predicted octanol–water partition coefficient (Wildman–Crippen LogP) is 8.11. The van der Waals surface area contributed by atoms with Gasteiger partial charge < -0.3 is 51.4 Å². The Morgan fingerprint density at radius 3 is 2.27 bits per heavy atom. The number of hydrogen-bond donors (Lipinski definition) is 7. The summed E-state index contributed by atoms with van der Waals surface area (Å²) >= 11 is 1.41. The van der Waals surface area contributed by atoms with Crippen molar-refractivity contribution in [3.63, 3.8) is 0 Å². The third-order valence-corrected chi connectivity index (χ3v) is 20.0. The van der Waals surface area contributed by atoms with Crippen molar-refractivity contribution in [3.8, 4) is 11.1 Å². The van der Waals surface area contributed by atoms with Crippen molar-refractivity contribution in [2.24, 2.45) is 27.9 Å². The highest BCUT2D eigenvalue weighted by atomic mass is 32.1. The van der Waals surface area contributed by atoms with Crippen LogP contribution in [0.1, 0.15) is 129 Å². The second kappa shape index (κ2) is 27.4. The van der Waals surface area contributed by atoms with Crippen molar-refractivity contribution in [1.29, 1.82) is 0 Å². The van der Waals surface area contributed by atoms with Crippen LogP contribution in [0.25, 0.3) is 21.3 Å². The molecular formula is C69H81N13O12S. The van der Waals surface area contributed by atoms with Crippen molar-refractivity contribution >= 4 is 91.7 Å². The molecule has 9 amide bonds. The number of carbonyl (C=O) groups is 9. The first-order valence-corrected chi connectivity index (χ1v) is 33.0. The number of carboxylic acids is 1. The van der Waals surface area contributed by atoms with Gasteiger partial charge >= 0.3 is 18.1 Å². The van der Waals surface area contributed by atoms with E-state index in [9.17, 15) is 48.3 Å². The van der Waals surface area contributed by atoms with Gasteiger partial charge in [-0.3, -0.25) is 43.7 Å². The number of thiazole rings is 1. The van der Waals surface area contributed by atoms with Crippen molar-refractivity contribution in [2.45, 2.75) is 136 Å². The van der Waals surface area contributed by atoms with E-state index < -0.39 is 71.2 Å². The Morgan fingerprint density at radius 2 is 1.57 bits per heavy atom. The van der Waals surface area contributed by atoms with E-state index in [0.717, 1.165) is 82.6 Å². The van der Waals surface area contributed by atoms with Crippen molar-refractivity contribution < 1.29 is 57.7 Å². The number of likely N-dealkylation sites (N-methyl/N-ethyl adjacent to an activating group) is 1. The summed E-state index contributed by atoms with van der Waals surface area (Å²) in [6.45, 7) is 12.2. The number of amides is 9. The average molecular weight is 1320 g/mol. The zero-order valence-electron chi connectivity index (χ0n) is 54.3. The van der Waals surface area contributed by atoms with E-state index >= 15 is 0 Å².